The first-order chi connectivity index (χ1) is 6.58. The molecule has 2 heteroatoms. The Morgan fingerprint density at radius 1 is 1.29 bits per heavy atom. The standard InChI is InChI=1S/C10H10F.2CH3.Al/c1-8(2)7-9-3-5-10(11)6-4-9;;;/h1,3-6H,7H2,2H3;2*1H3;. The van der Waals surface area contributed by atoms with Crippen molar-refractivity contribution in [3.8, 4) is 0 Å². The maximum atomic E-state index is 12.6. The second-order valence-electron chi connectivity index (χ2n) is 4.06. The molecule has 0 fully saturated rings. The first-order valence-corrected chi connectivity index (χ1v) is 7.97. The van der Waals surface area contributed by atoms with Crippen molar-refractivity contribution in [2.24, 2.45) is 0 Å². The lowest BCUT2D eigenvalue weighted by atomic mass is 10.1. The van der Waals surface area contributed by atoms with Gasteiger partial charge in [-0.25, -0.2) is 4.39 Å². The van der Waals surface area contributed by atoms with Crippen LogP contribution in [0.3, 0.4) is 0 Å². The smallest absolute Gasteiger partial charge is 0.207 e. The van der Waals surface area contributed by atoms with Gasteiger partial charge in [0, 0.05) is 0 Å². The van der Waals surface area contributed by atoms with Crippen LogP contribution in [0.2, 0.25) is 11.6 Å². The minimum atomic E-state index is -0.616. The van der Waals surface area contributed by atoms with Crippen LogP contribution in [0.1, 0.15) is 12.5 Å². The molecule has 0 aliphatic carbocycles. The van der Waals surface area contributed by atoms with E-state index in [9.17, 15) is 4.39 Å². The molecule has 0 aliphatic heterocycles. The van der Waals surface area contributed by atoms with E-state index >= 15 is 0 Å². The fourth-order valence-corrected chi connectivity index (χ4v) is 2.81. The van der Waals surface area contributed by atoms with Crippen molar-refractivity contribution in [2.45, 2.75) is 24.9 Å². The Morgan fingerprint density at radius 3 is 2.36 bits per heavy atom. The van der Waals surface area contributed by atoms with Crippen molar-refractivity contribution < 1.29 is 4.39 Å². The molecule has 0 saturated heterocycles. The van der Waals surface area contributed by atoms with E-state index in [4.69, 9.17) is 0 Å². The van der Waals surface area contributed by atoms with E-state index in [1.54, 1.807) is 0 Å². The Hall–Kier alpha value is -0.578. The molecular weight excluding hydrogens is 190 g/mol. The van der Waals surface area contributed by atoms with Gasteiger partial charge < -0.3 is 0 Å². The number of allylic oxidation sites excluding steroid dienone is 1. The highest BCUT2D eigenvalue weighted by Gasteiger charge is 1.99. The van der Waals surface area contributed by atoms with Crippen LogP contribution in [-0.4, -0.2) is 14.1 Å². The molecule has 0 bridgehead atoms. The van der Waals surface area contributed by atoms with E-state index < -0.39 is 14.1 Å². The molecule has 0 unspecified atom stereocenters. The summed E-state index contributed by atoms with van der Waals surface area (Å²) in [4.78, 5) is 2.38. The molecule has 0 N–H and O–H groups in total. The van der Waals surface area contributed by atoms with Gasteiger partial charge in [0.25, 0.3) is 14.1 Å². The molecule has 74 valence electrons. The fourth-order valence-electron chi connectivity index (χ4n) is 1.55. The highest BCUT2D eigenvalue weighted by Crippen LogP contribution is 2.09. The summed E-state index contributed by atoms with van der Waals surface area (Å²) in [5, 5.41) is 0. The zero-order valence-corrected chi connectivity index (χ0v) is 10.2. The monoisotopic (exact) mass is 206 g/mol. The highest BCUT2D eigenvalue weighted by molar-refractivity contribution is 6.61. The van der Waals surface area contributed by atoms with Crippen LogP contribution in [0.15, 0.2) is 34.8 Å². The summed E-state index contributed by atoms with van der Waals surface area (Å²) in [6, 6.07) is 6.76. The summed E-state index contributed by atoms with van der Waals surface area (Å²) < 4.78 is 12.6. The quantitative estimate of drug-likeness (QED) is 0.663. The molecule has 1 aromatic carbocycles. The van der Waals surface area contributed by atoms with E-state index in [2.05, 4.69) is 23.4 Å². The van der Waals surface area contributed by atoms with Crippen molar-refractivity contribution in [1.82, 2.24) is 0 Å². The van der Waals surface area contributed by atoms with Gasteiger partial charge in [-0.05, 0) is 31.0 Å². The van der Waals surface area contributed by atoms with Crippen molar-refractivity contribution >= 4 is 14.1 Å². The zero-order chi connectivity index (χ0) is 10.6. The first kappa shape index (κ1) is 11.5. The average Bonchev–Trinajstić information content (AvgIpc) is 2.07. The molecule has 0 radical (unpaired) electrons. The van der Waals surface area contributed by atoms with Crippen LogP contribution >= 0.6 is 0 Å². The molecule has 0 spiro atoms. The summed E-state index contributed by atoms with van der Waals surface area (Å²) in [5.41, 5.74) is 2.59. The van der Waals surface area contributed by atoms with Gasteiger partial charge in [-0.1, -0.05) is 17.7 Å². The molecule has 0 atom stereocenters. The summed E-state index contributed by atoms with van der Waals surface area (Å²) in [6.07, 6.45) is 0.950. The Kier molecular flexibility index (Phi) is 4.38. The molecule has 0 amide bonds. The van der Waals surface area contributed by atoms with Crippen molar-refractivity contribution in [2.75, 3.05) is 0 Å². The second-order valence-corrected chi connectivity index (χ2v) is 6.88. The van der Waals surface area contributed by atoms with Crippen LogP contribution in [0, 0.1) is 5.82 Å². The summed E-state index contributed by atoms with van der Waals surface area (Å²) in [7, 11) is 0. The molecule has 1 rings (SSSR count). The van der Waals surface area contributed by atoms with Crippen molar-refractivity contribution in [3.63, 3.8) is 0 Å². The lowest BCUT2D eigenvalue weighted by Gasteiger charge is -2.02. The molecule has 1 aromatic rings. The van der Waals surface area contributed by atoms with E-state index in [0.29, 0.717) is 0 Å². The van der Waals surface area contributed by atoms with Crippen molar-refractivity contribution in [1.29, 1.82) is 0 Å². The molecule has 0 heterocycles. The minimum Gasteiger partial charge on any atom is -0.207 e. The topological polar surface area (TPSA) is 0 Å². The maximum absolute atomic E-state index is 12.6. The molecule has 0 aliphatic rings. The van der Waals surface area contributed by atoms with Gasteiger partial charge >= 0.3 is 0 Å². The highest BCUT2D eigenvalue weighted by atomic mass is 27.2. The molecule has 0 aromatic heterocycles. The van der Waals surface area contributed by atoms with Crippen molar-refractivity contribution in [3.05, 3.63) is 46.2 Å². The number of hydrogen-bond donors (Lipinski definition) is 0. The van der Waals surface area contributed by atoms with Crippen LogP contribution in [0.4, 0.5) is 4.39 Å². The Bertz CT molecular complexity index is 312. The average molecular weight is 206 g/mol. The lowest BCUT2D eigenvalue weighted by Crippen LogP contribution is -1.97. The summed E-state index contributed by atoms with van der Waals surface area (Å²) in [6.45, 7) is 2.15. The lowest BCUT2D eigenvalue weighted by molar-refractivity contribution is 0.627. The van der Waals surface area contributed by atoms with Crippen LogP contribution < -0.4 is 0 Å². The van der Waals surface area contributed by atoms with Gasteiger partial charge in [0.1, 0.15) is 5.82 Å². The predicted octanol–water partition coefficient (Wildman–Crippen LogP) is 3.61. The maximum Gasteiger partial charge on any atom is 0.288 e. The van der Waals surface area contributed by atoms with Crippen LogP contribution in [0.25, 0.3) is 0 Å². The first-order valence-electron chi connectivity index (χ1n) is 4.99. The Labute approximate surface area is 89.8 Å². The van der Waals surface area contributed by atoms with Gasteiger partial charge in [0.15, 0.2) is 0 Å². The third-order valence-electron chi connectivity index (χ3n) is 2.01. The van der Waals surface area contributed by atoms with Gasteiger partial charge in [0.2, 0.25) is 0 Å². The Balaban J connectivity index is 2.65. The third kappa shape index (κ3) is 4.09. The van der Waals surface area contributed by atoms with Gasteiger partial charge in [0.05, 0.1) is 0 Å². The number of hydrogen-bond acceptors (Lipinski definition) is 0. The summed E-state index contributed by atoms with van der Waals surface area (Å²) in [5.74, 6) is 4.44. The SMILES string of the molecule is C/C(=[CH]\[Al]([CH3])[CH3])Cc1ccc(F)cc1. The number of benzene rings is 1. The van der Waals surface area contributed by atoms with Crippen LogP contribution in [-0.2, 0) is 6.42 Å². The third-order valence-corrected chi connectivity index (χ3v) is 3.25. The largest absolute Gasteiger partial charge is 0.288 e. The molecular formula is C12H16AlF. The van der Waals surface area contributed by atoms with Gasteiger partial charge in [-0.15, -0.1) is 16.5 Å². The summed E-state index contributed by atoms with van der Waals surface area (Å²) >= 11 is -0.616. The van der Waals surface area contributed by atoms with Gasteiger partial charge in [-0.2, -0.15) is 0 Å². The molecule has 0 saturated carbocycles. The van der Waals surface area contributed by atoms with E-state index in [1.165, 1.54) is 23.3 Å². The fraction of sp³-hybridized carbons (Fsp3) is 0.333. The van der Waals surface area contributed by atoms with E-state index in [-0.39, 0.29) is 5.82 Å². The van der Waals surface area contributed by atoms with E-state index in [1.807, 2.05) is 12.1 Å². The minimum absolute atomic E-state index is 0.159. The number of rotatable bonds is 3. The second kappa shape index (κ2) is 5.34. The predicted molar refractivity (Wildman–Crippen MR) is 61.3 cm³/mol. The Morgan fingerprint density at radius 2 is 1.86 bits per heavy atom. The van der Waals surface area contributed by atoms with Crippen LogP contribution in [0.5, 0.6) is 0 Å². The molecule has 0 nitrogen and oxygen atoms in total. The molecule has 14 heavy (non-hydrogen) atoms. The normalized spacial score (nSPS) is 11.6. The van der Waals surface area contributed by atoms with E-state index in [0.717, 1.165) is 6.42 Å². The van der Waals surface area contributed by atoms with Gasteiger partial charge in [-0.3, -0.25) is 0 Å². The number of halogens is 1. The zero-order valence-electron chi connectivity index (χ0n) is 9.05.